The van der Waals surface area contributed by atoms with Crippen LogP contribution in [0.4, 0.5) is 0 Å². The zero-order valence-corrected chi connectivity index (χ0v) is 13.4. The molecule has 0 unspecified atom stereocenters. The molecule has 0 aliphatic carbocycles. The van der Waals surface area contributed by atoms with Crippen molar-refractivity contribution in [2.75, 3.05) is 13.7 Å². The fraction of sp³-hybridized carbons (Fsp3) is 0.188. The molecule has 0 heterocycles. The fourth-order valence-electron chi connectivity index (χ4n) is 1.84. The molecule has 0 saturated carbocycles. The lowest BCUT2D eigenvalue weighted by molar-refractivity contribution is -0.132. The van der Waals surface area contributed by atoms with E-state index in [1.165, 1.54) is 11.0 Å². The minimum Gasteiger partial charge on any atom is -0.504 e. The van der Waals surface area contributed by atoms with E-state index >= 15 is 0 Å². The summed E-state index contributed by atoms with van der Waals surface area (Å²) in [6, 6.07) is 11.8. The molecule has 0 saturated heterocycles. The number of aromatic hydroxyl groups is 1. The Kier molecular flexibility index (Phi) is 5.52. The highest BCUT2D eigenvalue weighted by molar-refractivity contribution is 6.42. The van der Waals surface area contributed by atoms with Crippen LogP contribution in [0.1, 0.15) is 5.56 Å². The number of hydrogen-bond donors (Lipinski definition) is 1. The molecule has 0 bridgehead atoms. The molecule has 0 aromatic heterocycles. The first-order valence-electron chi connectivity index (χ1n) is 6.56. The minimum absolute atomic E-state index is 0.00385. The van der Waals surface area contributed by atoms with Crippen molar-refractivity contribution >= 4 is 29.1 Å². The number of nitrogens with zero attached hydrogens (tertiary/aromatic N) is 1. The summed E-state index contributed by atoms with van der Waals surface area (Å²) in [4.78, 5) is 13.6. The Hall–Kier alpha value is -1.91. The molecule has 22 heavy (non-hydrogen) atoms. The van der Waals surface area contributed by atoms with Gasteiger partial charge in [-0.3, -0.25) is 4.79 Å². The lowest BCUT2D eigenvalue weighted by atomic mass is 10.2. The van der Waals surface area contributed by atoms with Gasteiger partial charge in [0.05, 0.1) is 10.0 Å². The van der Waals surface area contributed by atoms with Gasteiger partial charge in [0, 0.05) is 13.6 Å². The van der Waals surface area contributed by atoms with Gasteiger partial charge in [-0.1, -0.05) is 47.5 Å². The van der Waals surface area contributed by atoms with Crippen LogP contribution < -0.4 is 4.74 Å². The highest BCUT2D eigenvalue weighted by atomic mass is 35.5. The Labute approximate surface area is 138 Å². The van der Waals surface area contributed by atoms with Crippen LogP contribution in [0.25, 0.3) is 0 Å². The van der Waals surface area contributed by atoms with E-state index in [0.29, 0.717) is 16.6 Å². The summed E-state index contributed by atoms with van der Waals surface area (Å²) in [7, 11) is 1.65. The van der Waals surface area contributed by atoms with Crippen molar-refractivity contribution in [3.63, 3.8) is 0 Å². The third kappa shape index (κ3) is 4.06. The van der Waals surface area contributed by atoms with Gasteiger partial charge >= 0.3 is 0 Å². The van der Waals surface area contributed by atoms with Gasteiger partial charge in [-0.15, -0.1) is 0 Å². The Morgan fingerprint density at radius 1 is 1.18 bits per heavy atom. The van der Waals surface area contributed by atoms with E-state index in [4.69, 9.17) is 27.9 Å². The summed E-state index contributed by atoms with van der Waals surface area (Å²) >= 11 is 12.0. The first kappa shape index (κ1) is 16.5. The first-order valence-corrected chi connectivity index (χ1v) is 7.32. The number of carbonyl (C=O) groups is 1. The van der Waals surface area contributed by atoms with Crippen LogP contribution in [0.15, 0.2) is 42.5 Å². The predicted molar refractivity (Wildman–Crippen MR) is 86.5 cm³/mol. The summed E-state index contributed by atoms with van der Waals surface area (Å²) in [5, 5.41) is 10.5. The van der Waals surface area contributed by atoms with Crippen LogP contribution >= 0.6 is 23.2 Å². The Morgan fingerprint density at radius 2 is 1.91 bits per heavy atom. The molecular weight excluding hydrogens is 325 g/mol. The molecule has 0 aliphatic heterocycles. The van der Waals surface area contributed by atoms with E-state index in [1.807, 2.05) is 6.07 Å². The second-order valence-electron chi connectivity index (χ2n) is 4.72. The molecule has 4 nitrogen and oxygen atoms in total. The second kappa shape index (κ2) is 7.38. The highest BCUT2D eigenvalue weighted by Gasteiger charge is 2.13. The average molecular weight is 340 g/mol. The molecule has 116 valence electrons. The van der Waals surface area contributed by atoms with Crippen molar-refractivity contribution in [2.45, 2.75) is 6.54 Å². The molecular formula is C16H15Cl2NO3. The van der Waals surface area contributed by atoms with Crippen LogP contribution in [-0.4, -0.2) is 29.6 Å². The predicted octanol–water partition coefficient (Wildman–Crippen LogP) is 3.74. The van der Waals surface area contributed by atoms with Gasteiger partial charge in [-0.25, -0.2) is 0 Å². The maximum absolute atomic E-state index is 12.1. The van der Waals surface area contributed by atoms with Crippen LogP contribution in [0.2, 0.25) is 10.0 Å². The van der Waals surface area contributed by atoms with E-state index in [9.17, 15) is 9.90 Å². The number of amides is 1. The molecule has 0 spiro atoms. The van der Waals surface area contributed by atoms with Crippen molar-refractivity contribution in [2.24, 2.45) is 0 Å². The number of para-hydroxylation sites is 2. The second-order valence-corrected chi connectivity index (χ2v) is 5.50. The zero-order valence-electron chi connectivity index (χ0n) is 11.9. The summed E-state index contributed by atoms with van der Waals surface area (Å²) < 4.78 is 5.31. The van der Waals surface area contributed by atoms with Gasteiger partial charge in [-0.05, 0) is 23.8 Å². The number of likely N-dealkylation sites (N-methyl/N-ethyl adjacent to an activating group) is 1. The maximum Gasteiger partial charge on any atom is 0.260 e. The quantitative estimate of drug-likeness (QED) is 0.902. The number of halogens is 2. The molecule has 2 aromatic rings. The van der Waals surface area contributed by atoms with Gasteiger partial charge in [0.2, 0.25) is 0 Å². The maximum atomic E-state index is 12.1. The van der Waals surface area contributed by atoms with E-state index in [0.717, 1.165) is 5.56 Å². The fourth-order valence-corrected chi connectivity index (χ4v) is 2.22. The number of benzene rings is 2. The van der Waals surface area contributed by atoms with E-state index < -0.39 is 0 Å². The molecule has 0 radical (unpaired) electrons. The van der Waals surface area contributed by atoms with Crippen molar-refractivity contribution in [3.05, 3.63) is 58.1 Å². The molecule has 0 aliphatic rings. The van der Waals surface area contributed by atoms with Crippen molar-refractivity contribution in [3.8, 4) is 11.5 Å². The van der Waals surface area contributed by atoms with Gasteiger partial charge in [0.25, 0.3) is 5.91 Å². The Morgan fingerprint density at radius 3 is 2.64 bits per heavy atom. The number of carbonyl (C=O) groups excluding carboxylic acids is 1. The molecule has 2 aromatic carbocycles. The molecule has 0 atom stereocenters. The third-order valence-electron chi connectivity index (χ3n) is 3.08. The summed E-state index contributed by atoms with van der Waals surface area (Å²) in [5.41, 5.74) is 0.757. The molecule has 0 fully saturated rings. The van der Waals surface area contributed by atoms with Crippen LogP contribution in [0, 0.1) is 0 Å². The monoisotopic (exact) mass is 339 g/mol. The number of phenols is 1. The normalized spacial score (nSPS) is 10.3. The minimum atomic E-state index is -0.237. The standard InChI is InChI=1S/C16H15Cl2NO3/c1-19(9-11-5-4-6-12(17)16(11)18)15(21)10-22-14-8-3-2-7-13(14)20/h2-8,20H,9-10H2,1H3. The summed E-state index contributed by atoms with van der Waals surface area (Å²) in [5.74, 6) is 0.0279. The highest BCUT2D eigenvalue weighted by Crippen LogP contribution is 2.27. The van der Waals surface area contributed by atoms with Crippen LogP contribution in [0.5, 0.6) is 11.5 Å². The molecule has 6 heteroatoms. The molecule has 1 amide bonds. The summed E-state index contributed by atoms with van der Waals surface area (Å²) in [6.07, 6.45) is 0. The number of rotatable bonds is 5. The topological polar surface area (TPSA) is 49.8 Å². The SMILES string of the molecule is CN(Cc1cccc(Cl)c1Cl)C(=O)COc1ccccc1O. The lowest BCUT2D eigenvalue weighted by Crippen LogP contribution is -2.31. The van der Waals surface area contributed by atoms with Gasteiger partial charge in [-0.2, -0.15) is 0 Å². The van der Waals surface area contributed by atoms with Gasteiger partial charge in [0.1, 0.15) is 0 Å². The smallest absolute Gasteiger partial charge is 0.260 e. The third-order valence-corrected chi connectivity index (χ3v) is 3.94. The van der Waals surface area contributed by atoms with Crippen molar-refractivity contribution in [1.82, 2.24) is 4.90 Å². The Bertz CT molecular complexity index is 676. The van der Waals surface area contributed by atoms with Crippen molar-refractivity contribution in [1.29, 1.82) is 0 Å². The summed E-state index contributed by atoms with van der Waals surface area (Å²) in [6.45, 7) is 0.147. The van der Waals surface area contributed by atoms with Gasteiger partial charge < -0.3 is 14.7 Å². The van der Waals surface area contributed by atoms with Crippen LogP contribution in [-0.2, 0) is 11.3 Å². The first-order chi connectivity index (χ1) is 10.5. The number of phenolic OH excluding ortho intramolecular Hbond substituents is 1. The number of ether oxygens (including phenoxy) is 1. The largest absolute Gasteiger partial charge is 0.504 e. The van der Waals surface area contributed by atoms with E-state index in [-0.39, 0.29) is 24.0 Å². The van der Waals surface area contributed by atoms with Crippen molar-refractivity contribution < 1.29 is 14.6 Å². The Balaban J connectivity index is 1.95. The molecule has 2 rings (SSSR count). The van der Waals surface area contributed by atoms with Crippen LogP contribution in [0.3, 0.4) is 0 Å². The van der Waals surface area contributed by atoms with E-state index in [2.05, 4.69) is 0 Å². The zero-order chi connectivity index (χ0) is 16.1. The number of hydrogen-bond acceptors (Lipinski definition) is 3. The molecule has 1 N–H and O–H groups in total. The van der Waals surface area contributed by atoms with E-state index in [1.54, 1.807) is 37.4 Å². The lowest BCUT2D eigenvalue weighted by Gasteiger charge is -2.18. The average Bonchev–Trinajstić information content (AvgIpc) is 2.50. The van der Waals surface area contributed by atoms with Gasteiger partial charge in [0.15, 0.2) is 18.1 Å².